The minimum atomic E-state index is 0.291. The highest BCUT2D eigenvalue weighted by molar-refractivity contribution is 6.30. The Kier molecular flexibility index (Phi) is 6.86. The maximum atomic E-state index is 5.98. The molecule has 7 heteroatoms. The molecule has 0 bridgehead atoms. The fourth-order valence-corrected chi connectivity index (χ4v) is 3.13. The molecule has 0 saturated heterocycles. The molecule has 28 heavy (non-hydrogen) atoms. The minimum absolute atomic E-state index is 0.291. The van der Waals surface area contributed by atoms with E-state index in [1.54, 1.807) is 0 Å². The van der Waals surface area contributed by atoms with Gasteiger partial charge in [-0.15, -0.1) is 0 Å². The number of hydrogen-bond acceptors (Lipinski definition) is 5. The van der Waals surface area contributed by atoms with Crippen LogP contribution in [0.15, 0.2) is 30.6 Å². The smallest absolute Gasteiger partial charge is 0.166 e. The van der Waals surface area contributed by atoms with E-state index in [1.807, 2.05) is 30.6 Å². The molecule has 2 heterocycles. The van der Waals surface area contributed by atoms with Crippen LogP contribution in [0.25, 0.3) is 11.2 Å². The lowest BCUT2D eigenvalue weighted by molar-refractivity contribution is 0.565. The van der Waals surface area contributed by atoms with E-state index in [2.05, 4.69) is 47.9 Å². The number of halogens is 1. The van der Waals surface area contributed by atoms with Crippen LogP contribution in [0.3, 0.4) is 0 Å². The van der Waals surface area contributed by atoms with Gasteiger partial charge in [0.2, 0.25) is 0 Å². The zero-order chi connectivity index (χ0) is 20.1. The van der Waals surface area contributed by atoms with Crippen molar-refractivity contribution in [3.8, 4) is 0 Å². The van der Waals surface area contributed by atoms with Gasteiger partial charge in [0.05, 0.1) is 6.33 Å². The second kappa shape index (κ2) is 9.34. The number of rotatable bonds is 9. The Morgan fingerprint density at radius 3 is 2.50 bits per heavy atom. The molecule has 0 aliphatic heterocycles. The van der Waals surface area contributed by atoms with Gasteiger partial charge in [0.1, 0.15) is 11.3 Å². The van der Waals surface area contributed by atoms with Crippen molar-refractivity contribution in [2.24, 2.45) is 0 Å². The molecule has 0 aliphatic carbocycles. The zero-order valence-electron chi connectivity index (χ0n) is 17.0. The Morgan fingerprint density at radius 1 is 1.07 bits per heavy atom. The molecule has 1 aromatic carbocycles. The molecule has 0 atom stereocenters. The minimum Gasteiger partial charge on any atom is -0.364 e. The number of nitrogens with one attached hydrogen (secondary N) is 2. The monoisotopic (exact) mass is 400 g/mol. The highest BCUT2D eigenvalue weighted by atomic mass is 35.5. The van der Waals surface area contributed by atoms with E-state index in [1.165, 1.54) is 0 Å². The summed E-state index contributed by atoms with van der Waals surface area (Å²) in [4.78, 5) is 14.1. The van der Waals surface area contributed by atoms with Crippen LogP contribution < -0.4 is 10.6 Å². The number of imidazole rings is 1. The number of aryl methyl sites for hydroxylation is 1. The molecule has 0 spiro atoms. The van der Waals surface area contributed by atoms with Crippen LogP contribution >= 0.6 is 11.6 Å². The average Bonchev–Trinajstić information content (AvgIpc) is 3.09. The molecular formula is C21H29ClN6. The maximum Gasteiger partial charge on any atom is 0.166 e. The molecule has 2 N–H and O–H groups in total. The largest absolute Gasteiger partial charge is 0.364 e. The summed E-state index contributed by atoms with van der Waals surface area (Å²) < 4.78 is 2.10. The van der Waals surface area contributed by atoms with Crippen LogP contribution in [0.5, 0.6) is 0 Å². The van der Waals surface area contributed by atoms with E-state index in [0.29, 0.717) is 18.6 Å². The van der Waals surface area contributed by atoms with Crippen molar-refractivity contribution in [3.05, 3.63) is 47.0 Å². The summed E-state index contributed by atoms with van der Waals surface area (Å²) in [6.45, 7) is 10.2. The van der Waals surface area contributed by atoms with Crippen LogP contribution in [0, 0.1) is 0 Å². The number of hydrogen-bond donors (Lipinski definition) is 2. The molecule has 0 radical (unpaired) electrons. The van der Waals surface area contributed by atoms with Gasteiger partial charge < -0.3 is 15.2 Å². The van der Waals surface area contributed by atoms with Crippen molar-refractivity contribution < 1.29 is 0 Å². The van der Waals surface area contributed by atoms with E-state index in [4.69, 9.17) is 21.6 Å². The van der Waals surface area contributed by atoms with E-state index >= 15 is 0 Å². The number of benzene rings is 1. The quantitative estimate of drug-likeness (QED) is 0.513. The average molecular weight is 401 g/mol. The highest BCUT2D eigenvalue weighted by Crippen LogP contribution is 2.23. The van der Waals surface area contributed by atoms with Gasteiger partial charge >= 0.3 is 0 Å². The molecule has 0 fully saturated rings. The van der Waals surface area contributed by atoms with Gasteiger partial charge in [-0.25, -0.2) is 15.0 Å². The van der Waals surface area contributed by atoms with Gasteiger partial charge in [-0.05, 0) is 44.5 Å². The van der Waals surface area contributed by atoms with Crippen LogP contribution in [-0.2, 0) is 13.0 Å². The first-order chi connectivity index (χ1) is 13.4. The van der Waals surface area contributed by atoms with Gasteiger partial charge in [0, 0.05) is 30.1 Å². The van der Waals surface area contributed by atoms with Crippen molar-refractivity contribution >= 4 is 28.6 Å². The van der Waals surface area contributed by atoms with Crippen LogP contribution in [0.2, 0.25) is 5.02 Å². The van der Waals surface area contributed by atoms with Crippen LogP contribution in [0.4, 0.5) is 5.82 Å². The van der Waals surface area contributed by atoms with Crippen molar-refractivity contribution in [2.75, 3.05) is 11.9 Å². The first-order valence-corrected chi connectivity index (χ1v) is 10.3. The fraction of sp³-hybridized carbons (Fsp3) is 0.476. The van der Waals surface area contributed by atoms with Gasteiger partial charge in [0.25, 0.3) is 0 Å². The van der Waals surface area contributed by atoms with E-state index < -0.39 is 0 Å². The lowest BCUT2D eigenvalue weighted by Crippen LogP contribution is -2.24. The Labute approximate surface area is 171 Å². The summed E-state index contributed by atoms with van der Waals surface area (Å²) in [6, 6.07) is 8.60. The molecule has 2 aromatic heterocycles. The molecule has 3 rings (SSSR count). The number of nitrogens with zero attached hydrogens (tertiary/aromatic N) is 4. The van der Waals surface area contributed by atoms with Gasteiger partial charge in [-0.3, -0.25) is 0 Å². The fourth-order valence-electron chi connectivity index (χ4n) is 3.00. The lowest BCUT2D eigenvalue weighted by atomic mass is 10.2. The molecule has 0 aliphatic rings. The molecule has 0 saturated carbocycles. The Bertz CT molecular complexity index is 901. The van der Waals surface area contributed by atoms with E-state index in [-0.39, 0.29) is 0 Å². The predicted molar refractivity (Wildman–Crippen MR) is 116 cm³/mol. The zero-order valence-corrected chi connectivity index (χ0v) is 17.8. The number of aromatic nitrogens is 4. The Balaban J connectivity index is 1.82. The van der Waals surface area contributed by atoms with Crippen LogP contribution in [0.1, 0.15) is 51.5 Å². The Hall–Kier alpha value is -2.18. The first kappa shape index (κ1) is 20.6. The second-order valence-electron chi connectivity index (χ2n) is 7.60. The second-order valence-corrected chi connectivity index (χ2v) is 8.04. The summed E-state index contributed by atoms with van der Waals surface area (Å²) in [7, 11) is 0. The molecule has 3 aromatic rings. The summed E-state index contributed by atoms with van der Waals surface area (Å²) in [6.07, 6.45) is 3.67. The highest BCUT2D eigenvalue weighted by Gasteiger charge is 2.14. The number of fused-ring (bicyclic) bond motifs is 1. The van der Waals surface area contributed by atoms with Crippen molar-refractivity contribution in [1.29, 1.82) is 0 Å². The molecule has 0 amide bonds. The third-order valence-corrected chi connectivity index (χ3v) is 4.78. The van der Waals surface area contributed by atoms with Gasteiger partial charge in [-0.1, -0.05) is 37.6 Å². The summed E-state index contributed by atoms with van der Waals surface area (Å²) in [5.41, 5.74) is 2.84. The van der Waals surface area contributed by atoms with Crippen molar-refractivity contribution in [2.45, 2.75) is 59.2 Å². The third-order valence-electron chi connectivity index (χ3n) is 4.53. The van der Waals surface area contributed by atoms with Crippen molar-refractivity contribution in [1.82, 2.24) is 24.8 Å². The van der Waals surface area contributed by atoms with Gasteiger partial charge in [-0.2, -0.15) is 0 Å². The molecular weight excluding hydrogens is 372 g/mol. The third kappa shape index (κ3) is 5.20. The predicted octanol–water partition coefficient (Wildman–Crippen LogP) is 4.60. The summed E-state index contributed by atoms with van der Waals surface area (Å²) in [5, 5.41) is 7.62. The lowest BCUT2D eigenvalue weighted by Gasteiger charge is -2.12. The maximum absolute atomic E-state index is 5.98. The molecule has 150 valence electrons. The number of anilines is 1. The van der Waals surface area contributed by atoms with E-state index in [9.17, 15) is 0 Å². The topological polar surface area (TPSA) is 67.7 Å². The Morgan fingerprint density at radius 2 is 1.82 bits per heavy atom. The summed E-state index contributed by atoms with van der Waals surface area (Å²) in [5.74, 6) is 1.63. The standard InChI is InChI=1S/C21H29ClN6/c1-14(2)23-11-5-6-18-26-20(24-12-16-7-9-17(22)10-8-16)19-21(27-18)28(13-25-19)15(3)4/h7-10,13-15,23H,5-6,11-12H2,1-4H3,(H,24,26,27). The van der Waals surface area contributed by atoms with Gasteiger partial charge in [0.15, 0.2) is 11.5 Å². The van der Waals surface area contributed by atoms with Crippen molar-refractivity contribution in [3.63, 3.8) is 0 Å². The molecule has 6 nitrogen and oxygen atoms in total. The summed E-state index contributed by atoms with van der Waals surface area (Å²) >= 11 is 5.98. The molecule has 0 unspecified atom stereocenters. The normalized spacial score (nSPS) is 11.7. The van der Waals surface area contributed by atoms with E-state index in [0.717, 1.165) is 52.8 Å². The first-order valence-electron chi connectivity index (χ1n) is 9.89. The SMILES string of the molecule is CC(C)NCCCc1nc(NCc2ccc(Cl)cc2)c2ncn(C(C)C)c2n1. The van der Waals surface area contributed by atoms with Crippen LogP contribution in [-0.4, -0.2) is 32.1 Å².